The molecule has 0 saturated heterocycles. The number of nitrogens with two attached hydrogens (primary N) is 1. The molecule has 0 bridgehead atoms. The molecule has 0 aromatic carbocycles. The second-order valence-corrected chi connectivity index (χ2v) is 4.57. The lowest BCUT2D eigenvalue weighted by atomic mass is 10.3. The molecular formula is C13H15N7O. The fourth-order valence-corrected chi connectivity index (χ4v) is 1.97. The molecule has 3 heterocycles. The van der Waals surface area contributed by atoms with Crippen LogP contribution in [0.5, 0.6) is 0 Å². The Morgan fingerprint density at radius 2 is 2.29 bits per heavy atom. The molecule has 8 nitrogen and oxygen atoms in total. The molecule has 0 aliphatic heterocycles. The van der Waals surface area contributed by atoms with E-state index in [1.54, 1.807) is 12.4 Å². The minimum Gasteiger partial charge on any atom is -0.369 e. The largest absolute Gasteiger partial charge is 0.369 e. The summed E-state index contributed by atoms with van der Waals surface area (Å²) >= 11 is 0. The van der Waals surface area contributed by atoms with Crippen LogP contribution >= 0.6 is 0 Å². The SMILES string of the molecule is CCCNc1cn2ccnc2c(-n2cc(C(N)=O)cn2)n1. The summed E-state index contributed by atoms with van der Waals surface area (Å²) in [6, 6.07) is 0. The maximum absolute atomic E-state index is 11.2. The number of carbonyl (C=O) groups is 1. The van der Waals surface area contributed by atoms with Crippen LogP contribution in [0.3, 0.4) is 0 Å². The fourth-order valence-electron chi connectivity index (χ4n) is 1.97. The highest BCUT2D eigenvalue weighted by molar-refractivity contribution is 5.92. The highest BCUT2D eigenvalue weighted by atomic mass is 16.1. The van der Waals surface area contributed by atoms with Gasteiger partial charge in [-0.15, -0.1) is 0 Å². The molecule has 0 saturated carbocycles. The molecular weight excluding hydrogens is 270 g/mol. The minimum atomic E-state index is -0.527. The third kappa shape index (κ3) is 2.42. The van der Waals surface area contributed by atoms with Crippen molar-refractivity contribution >= 4 is 17.4 Å². The Morgan fingerprint density at radius 3 is 3.00 bits per heavy atom. The van der Waals surface area contributed by atoms with Crippen LogP contribution in [0.25, 0.3) is 11.5 Å². The van der Waals surface area contributed by atoms with E-state index in [1.165, 1.54) is 10.9 Å². The number of nitrogens with one attached hydrogen (secondary N) is 1. The summed E-state index contributed by atoms with van der Waals surface area (Å²) in [6.45, 7) is 2.90. The molecule has 21 heavy (non-hydrogen) atoms. The number of primary amides is 1. The summed E-state index contributed by atoms with van der Waals surface area (Å²) in [5, 5.41) is 7.35. The molecule has 0 radical (unpaired) electrons. The molecule has 3 N–H and O–H groups in total. The lowest BCUT2D eigenvalue weighted by Gasteiger charge is -2.08. The van der Waals surface area contributed by atoms with Gasteiger partial charge in [0, 0.05) is 25.1 Å². The van der Waals surface area contributed by atoms with Crippen molar-refractivity contribution in [2.75, 3.05) is 11.9 Å². The van der Waals surface area contributed by atoms with Gasteiger partial charge in [-0.05, 0) is 6.42 Å². The van der Waals surface area contributed by atoms with Crippen molar-refractivity contribution in [1.82, 2.24) is 24.1 Å². The number of amides is 1. The van der Waals surface area contributed by atoms with Gasteiger partial charge in [0.1, 0.15) is 5.82 Å². The third-order valence-electron chi connectivity index (χ3n) is 3.00. The van der Waals surface area contributed by atoms with E-state index in [0.717, 1.165) is 13.0 Å². The maximum Gasteiger partial charge on any atom is 0.251 e. The number of imidazole rings is 1. The standard InChI is InChI=1S/C13H15N7O/c1-2-3-15-10-8-19-5-4-16-12(19)13(18-10)20-7-9(6-17-20)11(14)21/h4-8,15H,2-3H2,1H3,(H2,14,21). The predicted molar refractivity (Wildman–Crippen MR) is 77.4 cm³/mol. The van der Waals surface area contributed by atoms with Gasteiger partial charge in [0.15, 0.2) is 11.5 Å². The van der Waals surface area contributed by atoms with Crippen molar-refractivity contribution in [2.24, 2.45) is 5.73 Å². The minimum absolute atomic E-state index is 0.327. The molecule has 3 aromatic rings. The summed E-state index contributed by atoms with van der Waals surface area (Å²) < 4.78 is 3.35. The Labute approximate surface area is 120 Å². The highest BCUT2D eigenvalue weighted by Crippen LogP contribution is 2.16. The van der Waals surface area contributed by atoms with Gasteiger partial charge in [-0.25, -0.2) is 14.6 Å². The first-order chi connectivity index (χ1) is 10.2. The van der Waals surface area contributed by atoms with E-state index in [-0.39, 0.29) is 0 Å². The number of hydrogen-bond acceptors (Lipinski definition) is 5. The monoisotopic (exact) mass is 285 g/mol. The number of carbonyl (C=O) groups excluding carboxylic acids is 1. The van der Waals surface area contributed by atoms with Crippen LogP contribution < -0.4 is 11.1 Å². The average molecular weight is 285 g/mol. The van der Waals surface area contributed by atoms with Crippen molar-refractivity contribution in [3.8, 4) is 5.82 Å². The smallest absolute Gasteiger partial charge is 0.251 e. The Hall–Kier alpha value is -2.90. The number of anilines is 1. The highest BCUT2D eigenvalue weighted by Gasteiger charge is 2.12. The maximum atomic E-state index is 11.2. The Balaban J connectivity index is 2.10. The zero-order valence-corrected chi connectivity index (χ0v) is 11.5. The van der Waals surface area contributed by atoms with Crippen LogP contribution in [-0.2, 0) is 0 Å². The summed E-state index contributed by atoms with van der Waals surface area (Å²) in [4.78, 5) is 20.0. The lowest BCUT2D eigenvalue weighted by Crippen LogP contribution is -2.10. The molecule has 8 heteroatoms. The topological polar surface area (TPSA) is 103 Å². The molecule has 3 aromatic heterocycles. The first-order valence-electron chi connectivity index (χ1n) is 6.61. The number of rotatable bonds is 5. The first-order valence-corrected chi connectivity index (χ1v) is 6.61. The lowest BCUT2D eigenvalue weighted by molar-refractivity contribution is 0.100. The molecule has 0 unspecified atom stereocenters. The normalized spacial score (nSPS) is 10.9. The van der Waals surface area contributed by atoms with Crippen LogP contribution in [0.2, 0.25) is 0 Å². The average Bonchev–Trinajstić information content (AvgIpc) is 3.12. The van der Waals surface area contributed by atoms with E-state index in [9.17, 15) is 4.79 Å². The van der Waals surface area contributed by atoms with Crippen molar-refractivity contribution in [1.29, 1.82) is 0 Å². The zero-order chi connectivity index (χ0) is 14.8. The summed E-state index contributed by atoms with van der Waals surface area (Å²) in [6.07, 6.45) is 9.32. The van der Waals surface area contributed by atoms with Gasteiger partial charge in [-0.1, -0.05) is 6.92 Å². The van der Waals surface area contributed by atoms with E-state index >= 15 is 0 Å². The van der Waals surface area contributed by atoms with Crippen LogP contribution in [-0.4, -0.2) is 36.6 Å². The van der Waals surface area contributed by atoms with Crippen molar-refractivity contribution in [3.63, 3.8) is 0 Å². The van der Waals surface area contributed by atoms with E-state index in [0.29, 0.717) is 22.8 Å². The Morgan fingerprint density at radius 1 is 1.43 bits per heavy atom. The molecule has 0 fully saturated rings. The fraction of sp³-hybridized carbons (Fsp3) is 0.231. The molecule has 0 aliphatic rings. The van der Waals surface area contributed by atoms with Gasteiger partial charge in [0.2, 0.25) is 0 Å². The van der Waals surface area contributed by atoms with Gasteiger partial charge in [0.05, 0.1) is 18.0 Å². The molecule has 0 atom stereocenters. The molecule has 1 amide bonds. The second-order valence-electron chi connectivity index (χ2n) is 4.57. The summed E-state index contributed by atoms with van der Waals surface area (Å²) in [7, 11) is 0. The van der Waals surface area contributed by atoms with Crippen molar-refractivity contribution in [2.45, 2.75) is 13.3 Å². The number of hydrogen-bond donors (Lipinski definition) is 2. The summed E-state index contributed by atoms with van der Waals surface area (Å²) in [5.74, 6) is 0.725. The van der Waals surface area contributed by atoms with E-state index in [2.05, 4.69) is 27.3 Å². The Kier molecular flexibility index (Phi) is 3.27. The molecule has 3 rings (SSSR count). The van der Waals surface area contributed by atoms with Gasteiger partial charge in [-0.2, -0.15) is 5.10 Å². The van der Waals surface area contributed by atoms with E-state index in [1.807, 2.05) is 16.8 Å². The van der Waals surface area contributed by atoms with E-state index in [4.69, 9.17) is 5.73 Å². The van der Waals surface area contributed by atoms with E-state index < -0.39 is 5.91 Å². The number of aromatic nitrogens is 5. The Bertz CT molecular complexity index is 789. The van der Waals surface area contributed by atoms with Crippen LogP contribution in [0, 0.1) is 0 Å². The van der Waals surface area contributed by atoms with Crippen molar-refractivity contribution < 1.29 is 4.79 Å². The molecule has 0 spiro atoms. The molecule has 108 valence electrons. The zero-order valence-electron chi connectivity index (χ0n) is 11.5. The van der Waals surface area contributed by atoms with Crippen molar-refractivity contribution in [3.05, 3.63) is 36.5 Å². The van der Waals surface area contributed by atoms with Gasteiger partial charge < -0.3 is 15.5 Å². The number of nitrogens with zero attached hydrogens (tertiary/aromatic N) is 5. The predicted octanol–water partition coefficient (Wildman–Crippen LogP) is 0.836. The van der Waals surface area contributed by atoms with Gasteiger partial charge >= 0.3 is 0 Å². The van der Waals surface area contributed by atoms with Gasteiger partial charge in [0.25, 0.3) is 5.91 Å². The second kappa shape index (κ2) is 5.23. The first kappa shape index (κ1) is 13.1. The molecule has 0 aliphatic carbocycles. The van der Waals surface area contributed by atoms with Crippen LogP contribution in [0.1, 0.15) is 23.7 Å². The van der Waals surface area contributed by atoms with Gasteiger partial charge in [-0.3, -0.25) is 4.79 Å². The van der Waals surface area contributed by atoms with Crippen LogP contribution in [0.15, 0.2) is 31.0 Å². The van der Waals surface area contributed by atoms with Crippen LogP contribution in [0.4, 0.5) is 5.82 Å². The third-order valence-corrected chi connectivity index (χ3v) is 3.00. The number of fused-ring (bicyclic) bond motifs is 1. The summed E-state index contributed by atoms with van der Waals surface area (Å²) in [5.41, 5.74) is 6.22. The quantitative estimate of drug-likeness (QED) is 0.723.